The van der Waals surface area contributed by atoms with Crippen LogP contribution in [-0.2, 0) is 28.4 Å². The predicted octanol–water partition coefficient (Wildman–Crippen LogP) is 7.62. The largest absolute Gasteiger partial charge is 0.453 e. The third kappa shape index (κ3) is 6.39. The molecule has 1 saturated carbocycles. The lowest BCUT2D eigenvalue weighted by Crippen LogP contribution is -2.50. The topological polar surface area (TPSA) is 72.0 Å². The van der Waals surface area contributed by atoms with Crippen LogP contribution in [-0.4, -0.2) is 41.3 Å². The molecule has 2 aliphatic rings. The van der Waals surface area contributed by atoms with Crippen LogP contribution in [0, 0.1) is 5.92 Å². The molecule has 4 rings (SSSR count). The molecule has 0 saturated heterocycles. The Labute approximate surface area is 231 Å². The molecule has 7 nitrogen and oxygen atoms in total. The third-order valence-electron chi connectivity index (χ3n) is 6.76. The number of aromatic nitrogens is 1. The number of carbonyl (C=O) groups is 2. The smallest absolute Gasteiger partial charge is 0.416 e. The fraction of sp³-hybridized carbons (Fsp3) is 0.500. The van der Waals surface area contributed by atoms with Crippen LogP contribution in [0.25, 0.3) is 0 Å². The minimum absolute atomic E-state index is 0.00599. The summed E-state index contributed by atoms with van der Waals surface area (Å²) in [6.07, 6.45) is -10.3. The molecule has 2 amide bonds. The molecular weight excluding hydrogens is 568 g/mol. The monoisotopic (exact) mass is 593 g/mol. The number of fused-ring (bicyclic) bond motifs is 1. The number of amides is 2. The third-order valence-corrected chi connectivity index (χ3v) is 6.95. The maximum absolute atomic E-state index is 13.8. The molecule has 2 atom stereocenters. The van der Waals surface area contributed by atoms with E-state index in [4.69, 9.17) is 21.1 Å². The van der Waals surface area contributed by atoms with Crippen molar-refractivity contribution in [1.29, 1.82) is 0 Å². The molecule has 0 bridgehead atoms. The zero-order valence-electron chi connectivity index (χ0n) is 21.6. The van der Waals surface area contributed by atoms with E-state index in [0.717, 1.165) is 43.1 Å². The van der Waals surface area contributed by atoms with Gasteiger partial charge < -0.3 is 9.47 Å². The fourth-order valence-corrected chi connectivity index (χ4v) is 5.14. The molecule has 40 heavy (non-hydrogen) atoms. The second-order valence-corrected chi connectivity index (χ2v) is 10.4. The summed E-state index contributed by atoms with van der Waals surface area (Å²) in [4.78, 5) is 32.4. The number of halogens is 7. The first-order valence-electron chi connectivity index (χ1n) is 12.4. The Morgan fingerprint density at radius 2 is 1.73 bits per heavy atom. The van der Waals surface area contributed by atoms with Gasteiger partial charge in [0.05, 0.1) is 48.3 Å². The molecule has 2 aromatic rings. The van der Waals surface area contributed by atoms with Crippen molar-refractivity contribution in [2.24, 2.45) is 5.92 Å². The number of methoxy groups -OCH3 is 1. The molecule has 0 spiro atoms. The first-order chi connectivity index (χ1) is 18.6. The van der Waals surface area contributed by atoms with Gasteiger partial charge in [-0.1, -0.05) is 11.6 Å². The molecule has 1 aromatic heterocycles. The minimum Gasteiger partial charge on any atom is -0.453 e. The number of anilines is 1. The zero-order valence-corrected chi connectivity index (χ0v) is 22.4. The molecule has 2 heterocycles. The molecule has 0 N–H and O–H groups in total. The fourth-order valence-electron chi connectivity index (χ4n) is 4.92. The maximum atomic E-state index is 13.8. The number of pyridine rings is 1. The molecular formula is C26H26ClF6N3O4. The summed E-state index contributed by atoms with van der Waals surface area (Å²) in [5.74, 6) is -0.0155. The lowest BCUT2D eigenvalue weighted by Gasteiger charge is -2.44. The molecule has 1 aliphatic carbocycles. The highest BCUT2D eigenvalue weighted by Gasteiger charge is 2.48. The van der Waals surface area contributed by atoms with Crippen LogP contribution in [0.15, 0.2) is 30.3 Å². The van der Waals surface area contributed by atoms with Gasteiger partial charge in [-0.15, -0.1) is 0 Å². The maximum Gasteiger partial charge on any atom is 0.416 e. The average molecular weight is 594 g/mol. The first kappa shape index (κ1) is 29.8. The number of nitrogens with zero attached hydrogens (tertiary/aromatic N) is 3. The van der Waals surface area contributed by atoms with Gasteiger partial charge in [-0.05, 0) is 74.9 Å². The molecule has 1 fully saturated rings. The van der Waals surface area contributed by atoms with E-state index in [1.807, 2.05) is 0 Å². The predicted molar refractivity (Wildman–Crippen MR) is 132 cm³/mol. The van der Waals surface area contributed by atoms with E-state index in [1.165, 1.54) is 4.90 Å². The van der Waals surface area contributed by atoms with E-state index in [1.54, 1.807) is 13.8 Å². The van der Waals surface area contributed by atoms with Crippen molar-refractivity contribution in [2.75, 3.05) is 12.0 Å². The molecule has 0 unspecified atom stereocenters. The van der Waals surface area contributed by atoms with Crippen molar-refractivity contribution in [3.63, 3.8) is 0 Å². The quantitative estimate of drug-likeness (QED) is 0.263. The summed E-state index contributed by atoms with van der Waals surface area (Å²) in [7, 11) is 1.04. The Kier molecular flexibility index (Phi) is 8.17. The number of carbonyl (C=O) groups excluding carboxylic acids is 2. The van der Waals surface area contributed by atoms with E-state index >= 15 is 0 Å². The van der Waals surface area contributed by atoms with Gasteiger partial charge in [-0.2, -0.15) is 26.3 Å². The highest BCUT2D eigenvalue weighted by atomic mass is 35.5. The number of ether oxygens (including phenoxy) is 2. The summed E-state index contributed by atoms with van der Waals surface area (Å²) in [6.45, 7) is 2.72. The second-order valence-electron chi connectivity index (χ2n) is 10.00. The molecule has 0 radical (unpaired) electrons. The van der Waals surface area contributed by atoms with Crippen LogP contribution in [0.2, 0.25) is 5.15 Å². The molecule has 218 valence electrons. The summed E-state index contributed by atoms with van der Waals surface area (Å²) >= 11 is 5.83. The van der Waals surface area contributed by atoms with E-state index < -0.39 is 65.6 Å². The van der Waals surface area contributed by atoms with Gasteiger partial charge in [0.1, 0.15) is 5.15 Å². The van der Waals surface area contributed by atoms with Crippen LogP contribution in [0.4, 0.5) is 41.6 Å². The van der Waals surface area contributed by atoms with E-state index in [9.17, 15) is 35.9 Å². The molecule has 1 aromatic carbocycles. The van der Waals surface area contributed by atoms with Crippen LogP contribution < -0.4 is 4.90 Å². The van der Waals surface area contributed by atoms with Crippen molar-refractivity contribution in [1.82, 2.24) is 9.88 Å². The Hall–Kier alpha value is -3.22. The van der Waals surface area contributed by atoms with Gasteiger partial charge in [-0.25, -0.2) is 14.6 Å². The Morgan fingerprint density at radius 3 is 2.27 bits per heavy atom. The number of hydrogen-bond donors (Lipinski definition) is 0. The van der Waals surface area contributed by atoms with Gasteiger partial charge in [0.15, 0.2) is 0 Å². The molecule has 14 heteroatoms. The summed E-state index contributed by atoms with van der Waals surface area (Å²) < 4.78 is 91.8. The summed E-state index contributed by atoms with van der Waals surface area (Å²) in [6, 6.07) is 2.50. The number of alkyl halides is 6. The lowest BCUT2D eigenvalue weighted by atomic mass is 9.87. The highest BCUT2D eigenvalue weighted by Crippen LogP contribution is 2.50. The van der Waals surface area contributed by atoms with E-state index in [-0.39, 0.29) is 29.3 Å². The average Bonchev–Trinajstić information content (AvgIpc) is 3.69. The van der Waals surface area contributed by atoms with Crippen LogP contribution in [0.3, 0.4) is 0 Å². The van der Waals surface area contributed by atoms with Gasteiger partial charge in [-0.3, -0.25) is 9.80 Å². The zero-order chi connectivity index (χ0) is 29.6. The van der Waals surface area contributed by atoms with Crippen molar-refractivity contribution in [2.45, 2.75) is 70.2 Å². The van der Waals surface area contributed by atoms with Crippen molar-refractivity contribution in [3.8, 4) is 0 Å². The van der Waals surface area contributed by atoms with Gasteiger partial charge in [0.2, 0.25) is 0 Å². The van der Waals surface area contributed by atoms with Crippen LogP contribution in [0.1, 0.15) is 61.5 Å². The standard InChI is InChI=1S/C26H26ClF6N3O4/c1-13(2)40-24(38)36-19-7-6-15(25(28,29)30)9-18(19)21(11-20(36)14-4-5-14)35(23(37)39-3)12-17-8-16(26(31,32)33)10-22(27)34-17/h6-10,13-14,20-21H,4-5,11-12H2,1-3H3/t20-,21-/m0/s1. The van der Waals surface area contributed by atoms with Crippen molar-refractivity contribution in [3.05, 3.63) is 57.9 Å². The van der Waals surface area contributed by atoms with Crippen LogP contribution in [0.5, 0.6) is 0 Å². The minimum atomic E-state index is -4.76. The van der Waals surface area contributed by atoms with Crippen LogP contribution >= 0.6 is 11.6 Å². The van der Waals surface area contributed by atoms with Gasteiger partial charge in [0, 0.05) is 6.04 Å². The SMILES string of the molecule is COC(=O)N(Cc1cc(C(F)(F)F)cc(Cl)n1)[C@H]1C[C@@H](C2CC2)N(C(=O)OC(C)C)c2ccc(C(F)(F)F)cc21. The van der Waals surface area contributed by atoms with Gasteiger partial charge >= 0.3 is 24.5 Å². The summed E-state index contributed by atoms with van der Waals surface area (Å²) in [5.41, 5.74) is -2.30. The van der Waals surface area contributed by atoms with Crippen molar-refractivity contribution >= 4 is 29.5 Å². The normalized spacial score (nSPS) is 19.3. The highest BCUT2D eigenvalue weighted by molar-refractivity contribution is 6.29. The van der Waals surface area contributed by atoms with E-state index in [0.29, 0.717) is 12.1 Å². The Bertz CT molecular complexity index is 1280. The summed E-state index contributed by atoms with van der Waals surface area (Å²) in [5, 5.41) is -0.475. The van der Waals surface area contributed by atoms with E-state index in [2.05, 4.69) is 4.98 Å². The Morgan fingerprint density at radius 1 is 1.07 bits per heavy atom. The Balaban J connectivity index is 1.85. The van der Waals surface area contributed by atoms with Gasteiger partial charge in [0.25, 0.3) is 0 Å². The lowest BCUT2D eigenvalue weighted by molar-refractivity contribution is -0.138. The van der Waals surface area contributed by atoms with Crippen molar-refractivity contribution < 1.29 is 45.4 Å². The number of hydrogen-bond acceptors (Lipinski definition) is 5. The second kappa shape index (κ2) is 11.0. The number of benzene rings is 1. The first-order valence-corrected chi connectivity index (χ1v) is 12.8. The molecule has 1 aliphatic heterocycles. The number of rotatable bonds is 5.